The maximum Gasteiger partial charge on any atom is 0.213 e. The van der Waals surface area contributed by atoms with Crippen molar-refractivity contribution in [3.63, 3.8) is 0 Å². The molecule has 0 saturated heterocycles. The van der Waals surface area contributed by atoms with Gasteiger partial charge in [0, 0.05) is 0 Å². The Morgan fingerprint density at radius 1 is 1.47 bits per heavy atom. The number of benzene rings is 1. The molecular formula is C12H12N2O3. The summed E-state index contributed by atoms with van der Waals surface area (Å²) in [6, 6.07) is 5.44. The van der Waals surface area contributed by atoms with Gasteiger partial charge in [0.1, 0.15) is 5.75 Å². The molecule has 0 N–H and O–H groups in total. The van der Waals surface area contributed by atoms with Crippen molar-refractivity contribution in [2.24, 2.45) is 0 Å². The fourth-order valence-electron chi connectivity index (χ4n) is 1.44. The van der Waals surface area contributed by atoms with E-state index in [9.17, 15) is 4.79 Å². The summed E-state index contributed by atoms with van der Waals surface area (Å²) in [5.41, 5.74) is 1.58. The molecule has 5 heteroatoms. The van der Waals surface area contributed by atoms with Crippen LogP contribution in [0.2, 0.25) is 0 Å². The number of Topliss-reactive ketones (excluding diaryl/α,β-unsaturated/α-hetero) is 1. The topological polar surface area (TPSA) is 65.2 Å². The highest BCUT2D eigenvalue weighted by Crippen LogP contribution is 2.21. The molecule has 1 aromatic carbocycles. The van der Waals surface area contributed by atoms with Crippen LogP contribution in [0.1, 0.15) is 28.7 Å². The molecule has 2 rings (SSSR count). The first-order chi connectivity index (χ1) is 8.16. The minimum atomic E-state index is -0.0342. The lowest BCUT2D eigenvalue weighted by Gasteiger charge is -2.08. The van der Waals surface area contributed by atoms with E-state index in [4.69, 9.17) is 4.74 Å². The van der Waals surface area contributed by atoms with Crippen LogP contribution in [0.15, 0.2) is 29.1 Å². The molecule has 0 aliphatic heterocycles. The van der Waals surface area contributed by atoms with Gasteiger partial charge in [0.2, 0.25) is 12.2 Å². The number of rotatable bonds is 4. The molecule has 0 bridgehead atoms. The van der Waals surface area contributed by atoms with Crippen LogP contribution < -0.4 is 4.74 Å². The lowest BCUT2D eigenvalue weighted by Crippen LogP contribution is -2.03. The van der Waals surface area contributed by atoms with Crippen molar-refractivity contribution in [2.45, 2.75) is 20.5 Å². The lowest BCUT2D eigenvalue weighted by molar-refractivity contribution is 0.101. The zero-order valence-corrected chi connectivity index (χ0v) is 9.64. The third-order valence-corrected chi connectivity index (χ3v) is 2.28. The van der Waals surface area contributed by atoms with Gasteiger partial charge < -0.3 is 9.26 Å². The number of nitrogens with zero attached hydrogens (tertiary/aromatic N) is 2. The fraction of sp³-hybridized carbons (Fsp3) is 0.250. The Kier molecular flexibility index (Phi) is 3.18. The van der Waals surface area contributed by atoms with Crippen molar-refractivity contribution >= 4 is 5.78 Å². The van der Waals surface area contributed by atoms with Crippen molar-refractivity contribution in [1.82, 2.24) is 10.1 Å². The van der Waals surface area contributed by atoms with Crippen LogP contribution >= 0.6 is 0 Å². The first kappa shape index (κ1) is 11.3. The second-order valence-electron chi connectivity index (χ2n) is 3.69. The van der Waals surface area contributed by atoms with E-state index in [1.54, 1.807) is 6.07 Å². The van der Waals surface area contributed by atoms with Crippen LogP contribution in [0.4, 0.5) is 0 Å². The van der Waals surface area contributed by atoms with Gasteiger partial charge >= 0.3 is 0 Å². The molecule has 1 aromatic heterocycles. The third kappa shape index (κ3) is 2.69. The van der Waals surface area contributed by atoms with Crippen molar-refractivity contribution in [1.29, 1.82) is 0 Å². The van der Waals surface area contributed by atoms with Crippen LogP contribution in [-0.2, 0) is 6.61 Å². The molecule has 0 aliphatic rings. The average molecular weight is 232 g/mol. The minimum Gasteiger partial charge on any atom is -0.485 e. The van der Waals surface area contributed by atoms with E-state index in [-0.39, 0.29) is 12.4 Å². The molecule has 5 nitrogen and oxygen atoms in total. The van der Waals surface area contributed by atoms with Gasteiger partial charge in [-0.3, -0.25) is 4.79 Å². The highest BCUT2D eigenvalue weighted by molar-refractivity contribution is 5.96. The van der Waals surface area contributed by atoms with E-state index in [1.165, 1.54) is 13.3 Å². The Morgan fingerprint density at radius 2 is 2.29 bits per heavy atom. The zero-order valence-electron chi connectivity index (χ0n) is 9.64. The van der Waals surface area contributed by atoms with Crippen LogP contribution in [0.25, 0.3) is 0 Å². The van der Waals surface area contributed by atoms with Gasteiger partial charge in [0.15, 0.2) is 12.4 Å². The number of aryl methyl sites for hydroxylation is 1. The molecule has 17 heavy (non-hydrogen) atoms. The largest absolute Gasteiger partial charge is 0.485 e. The van der Waals surface area contributed by atoms with Crippen LogP contribution in [-0.4, -0.2) is 15.9 Å². The molecule has 0 spiro atoms. The number of ketones is 1. The fourth-order valence-corrected chi connectivity index (χ4v) is 1.44. The Bertz CT molecular complexity index is 521. The van der Waals surface area contributed by atoms with Crippen LogP contribution in [0.5, 0.6) is 5.75 Å². The number of carbonyl (C=O) groups is 1. The quantitative estimate of drug-likeness (QED) is 0.756. The zero-order chi connectivity index (χ0) is 12.3. The normalized spacial score (nSPS) is 10.2. The predicted molar refractivity (Wildman–Crippen MR) is 59.8 cm³/mol. The summed E-state index contributed by atoms with van der Waals surface area (Å²) in [5, 5.41) is 3.63. The highest BCUT2D eigenvalue weighted by Gasteiger charge is 2.09. The SMILES string of the molecule is CC(=O)c1ccc(C)cc1OCc1ncon1. The molecule has 0 radical (unpaired) electrons. The molecule has 1 heterocycles. The van der Waals surface area contributed by atoms with Crippen LogP contribution in [0.3, 0.4) is 0 Å². The molecule has 0 amide bonds. The number of hydrogen-bond donors (Lipinski definition) is 0. The van der Waals surface area contributed by atoms with E-state index in [0.29, 0.717) is 17.1 Å². The van der Waals surface area contributed by atoms with E-state index in [2.05, 4.69) is 14.7 Å². The van der Waals surface area contributed by atoms with Gasteiger partial charge in [-0.25, -0.2) is 0 Å². The summed E-state index contributed by atoms with van der Waals surface area (Å²) >= 11 is 0. The molecule has 0 saturated carbocycles. The van der Waals surface area contributed by atoms with Crippen molar-refractivity contribution in [3.05, 3.63) is 41.5 Å². The molecule has 0 aliphatic carbocycles. The highest BCUT2D eigenvalue weighted by atomic mass is 16.5. The maximum absolute atomic E-state index is 11.4. The van der Waals surface area contributed by atoms with Crippen LogP contribution in [0, 0.1) is 6.92 Å². The Labute approximate surface area is 98.4 Å². The van der Waals surface area contributed by atoms with E-state index in [0.717, 1.165) is 5.56 Å². The maximum atomic E-state index is 11.4. The molecule has 88 valence electrons. The summed E-state index contributed by atoms with van der Waals surface area (Å²) < 4.78 is 10.1. The predicted octanol–water partition coefficient (Wildman–Crippen LogP) is 2.16. The summed E-state index contributed by atoms with van der Waals surface area (Å²) in [6.45, 7) is 3.62. The first-order valence-corrected chi connectivity index (χ1v) is 5.16. The first-order valence-electron chi connectivity index (χ1n) is 5.16. The van der Waals surface area contributed by atoms with Crippen molar-refractivity contribution < 1.29 is 14.1 Å². The Balaban J connectivity index is 2.19. The van der Waals surface area contributed by atoms with Crippen molar-refractivity contribution in [3.8, 4) is 5.75 Å². The van der Waals surface area contributed by atoms with E-state index >= 15 is 0 Å². The second kappa shape index (κ2) is 4.78. The van der Waals surface area contributed by atoms with Gasteiger partial charge in [-0.05, 0) is 31.5 Å². The summed E-state index contributed by atoms with van der Waals surface area (Å²) in [4.78, 5) is 15.2. The average Bonchev–Trinajstić information content (AvgIpc) is 2.78. The Morgan fingerprint density at radius 3 is 2.94 bits per heavy atom. The number of ether oxygens (including phenoxy) is 1. The number of carbonyl (C=O) groups excluding carboxylic acids is 1. The van der Waals surface area contributed by atoms with Gasteiger partial charge in [-0.2, -0.15) is 4.98 Å². The molecule has 2 aromatic rings. The molecule has 0 atom stereocenters. The van der Waals surface area contributed by atoms with Gasteiger partial charge in [0.05, 0.1) is 5.56 Å². The van der Waals surface area contributed by atoms with Crippen molar-refractivity contribution in [2.75, 3.05) is 0 Å². The molecule has 0 unspecified atom stereocenters. The molecular weight excluding hydrogens is 220 g/mol. The Hall–Kier alpha value is -2.17. The third-order valence-electron chi connectivity index (χ3n) is 2.28. The monoisotopic (exact) mass is 232 g/mol. The van der Waals surface area contributed by atoms with Gasteiger partial charge in [0.25, 0.3) is 0 Å². The van der Waals surface area contributed by atoms with Gasteiger partial charge in [-0.1, -0.05) is 11.2 Å². The molecule has 0 fully saturated rings. The standard InChI is InChI=1S/C12H12N2O3/c1-8-3-4-10(9(2)15)11(5-8)16-6-12-13-7-17-14-12/h3-5,7H,6H2,1-2H3. The summed E-state index contributed by atoms with van der Waals surface area (Å²) in [7, 11) is 0. The number of aromatic nitrogens is 2. The second-order valence-corrected chi connectivity index (χ2v) is 3.69. The minimum absolute atomic E-state index is 0.0342. The van der Waals surface area contributed by atoms with E-state index < -0.39 is 0 Å². The van der Waals surface area contributed by atoms with E-state index in [1.807, 2.05) is 19.1 Å². The summed E-state index contributed by atoms with van der Waals surface area (Å²) in [5.74, 6) is 0.955. The smallest absolute Gasteiger partial charge is 0.213 e. The number of hydrogen-bond acceptors (Lipinski definition) is 5. The lowest BCUT2D eigenvalue weighted by atomic mass is 10.1. The summed E-state index contributed by atoms with van der Waals surface area (Å²) in [6.07, 6.45) is 1.24. The van der Waals surface area contributed by atoms with Gasteiger partial charge in [-0.15, -0.1) is 0 Å².